The quantitative estimate of drug-likeness (QED) is 0.301. The number of para-hydroxylation sites is 2. The number of aromatic nitrogens is 4. The molecule has 5 heterocycles. The second kappa shape index (κ2) is 10.7. The molecule has 0 radical (unpaired) electrons. The minimum atomic E-state index is 0.00148. The van der Waals surface area contributed by atoms with E-state index in [4.69, 9.17) is 4.98 Å². The van der Waals surface area contributed by atoms with Crippen molar-refractivity contribution in [3.63, 3.8) is 0 Å². The molecule has 41 heavy (non-hydrogen) atoms. The zero-order valence-electron chi connectivity index (χ0n) is 24.2. The molecule has 3 aliphatic rings. The molecule has 7 rings (SSSR count). The monoisotopic (exact) mass is 548 g/mol. The van der Waals surface area contributed by atoms with Crippen LogP contribution in [-0.2, 0) is 5.41 Å². The van der Waals surface area contributed by atoms with Crippen molar-refractivity contribution < 1.29 is 4.79 Å². The fourth-order valence-corrected chi connectivity index (χ4v) is 8.07. The van der Waals surface area contributed by atoms with E-state index in [-0.39, 0.29) is 11.3 Å². The lowest BCUT2D eigenvalue weighted by Crippen LogP contribution is -2.49. The first kappa shape index (κ1) is 26.3. The van der Waals surface area contributed by atoms with Gasteiger partial charge in [-0.2, -0.15) is 0 Å². The summed E-state index contributed by atoms with van der Waals surface area (Å²) in [5, 5.41) is 0. The highest BCUT2D eigenvalue weighted by atomic mass is 16.2. The number of hydrogen-bond acceptors (Lipinski definition) is 5. The summed E-state index contributed by atoms with van der Waals surface area (Å²) in [4.78, 5) is 31.5. The summed E-state index contributed by atoms with van der Waals surface area (Å²) in [6.45, 7) is 6.69. The number of imidazole rings is 1. The molecule has 3 saturated heterocycles. The Morgan fingerprint density at radius 2 is 1.59 bits per heavy atom. The van der Waals surface area contributed by atoms with Crippen molar-refractivity contribution in [3.05, 3.63) is 89.8 Å². The summed E-state index contributed by atoms with van der Waals surface area (Å²) in [6, 6.07) is 21.4. The smallest absolute Gasteiger partial charge is 0.274 e. The number of rotatable bonds is 6. The third-order valence-corrected chi connectivity index (χ3v) is 10.2. The van der Waals surface area contributed by atoms with Crippen molar-refractivity contribution >= 4 is 16.9 Å². The first-order chi connectivity index (χ1) is 20.0. The maximum absolute atomic E-state index is 13.2. The first-order valence-electron chi connectivity index (χ1n) is 15.3. The van der Waals surface area contributed by atoms with Crippen LogP contribution in [0.15, 0.2) is 67.0 Å². The molecule has 0 aliphatic carbocycles. The number of amides is 1. The largest absolute Gasteiger partial charge is 0.337 e. The minimum absolute atomic E-state index is 0.00148. The van der Waals surface area contributed by atoms with Crippen LogP contribution < -0.4 is 0 Å². The molecule has 7 heteroatoms. The predicted octanol–water partition coefficient (Wildman–Crippen LogP) is 5.88. The average Bonchev–Trinajstić information content (AvgIpc) is 3.47. The van der Waals surface area contributed by atoms with E-state index < -0.39 is 0 Å². The summed E-state index contributed by atoms with van der Waals surface area (Å²) in [5.74, 6) is 1.15. The Kier molecular flexibility index (Phi) is 6.86. The molecular weight excluding hydrogens is 508 g/mol. The maximum Gasteiger partial charge on any atom is 0.274 e. The molecular formula is C34H40N6O. The average molecular weight is 549 g/mol. The van der Waals surface area contributed by atoms with Gasteiger partial charge in [-0.1, -0.05) is 42.5 Å². The predicted molar refractivity (Wildman–Crippen MR) is 161 cm³/mol. The number of hydrogen-bond donors (Lipinski definition) is 0. The van der Waals surface area contributed by atoms with Crippen LogP contribution in [0.3, 0.4) is 0 Å². The lowest BCUT2D eigenvalue weighted by Gasteiger charge is -2.45. The second-order valence-corrected chi connectivity index (χ2v) is 12.5. The molecule has 7 nitrogen and oxygen atoms in total. The number of likely N-dealkylation sites (tertiary alicyclic amines) is 1. The molecule has 3 atom stereocenters. The molecule has 1 amide bonds. The fourth-order valence-electron chi connectivity index (χ4n) is 8.07. The van der Waals surface area contributed by atoms with Gasteiger partial charge in [0, 0.05) is 37.4 Å². The molecule has 2 aromatic heterocycles. The van der Waals surface area contributed by atoms with Gasteiger partial charge >= 0.3 is 0 Å². The summed E-state index contributed by atoms with van der Waals surface area (Å²) in [5.41, 5.74) is 5.18. The van der Waals surface area contributed by atoms with Crippen molar-refractivity contribution in [2.75, 3.05) is 19.6 Å². The zero-order valence-corrected chi connectivity index (χ0v) is 24.2. The van der Waals surface area contributed by atoms with Crippen LogP contribution in [0.4, 0.5) is 0 Å². The van der Waals surface area contributed by atoms with Gasteiger partial charge in [-0.3, -0.25) is 14.7 Å². The van der Waals surface area contributed by atoms with Crippen molar-refractivity contribution in [2.45, 2.75) is 82.3 Å². The molecule has 2 aromatic carbocycles. The highest BCUT2D eigenvalue weighted by Crippen LogP contribution is 2.45. The Bertz CT molecular complexity index is 1510. The van der Waals surface area contributed by atoms with E-state index in [0.717, 1.165) is 55.9 Å². The Hall–Kier alpha value is -3.58. The van der Waals surface area contributed by atoms with E-state index in [1.165, 1.54) is 36.8 Å². The second-order valence-electron chi connectivity index (χ2n) is 12.5. The summed E-state index contributed by atoms with van der Waals surface area (Å²) in [6.07, 6.45) is 11.4. The molecule has 0 spiro atoms. The Labute approximate surface area is 242 Å². The van der Waals surface area contributed by atoms with Crippen molar-refractivity contribution in [1.29, 1.82) is 0 Å². The van der Waals surface area contributed by atoms with Crippen LogP contribution in [0, 0.1) is 13.8 Å². The lowest BCUT2D eigenvalue weighted by molar-refractivity contribution is 0.0601. The number of aryl methyl sites for hydroxylation is 2. The van der Waals surface area contributed by atoms with Gasteiger partial charge in [-0.15, -0.1) is 0 Å². The number of benzene rings is 2. The van der Waals surface area contributed by atoms with Gasteiger partial charge in [-0.25, -0.2) is 9.97 Å². The zero-order chi connectivity index (χ0) is 28.0. The van der Waals surface area contributed by atoms with Gasteiger partial charge in [0.2, 0.25) is 0 Å². The van der Waals surface area contributed by atoms with E-state index in [9.17, 15) is 4.79 Å². The summed E-state index contributed by atoms with van der Waals surface area (Å²) >= 11 is 0. The summed E-state index contributed by atoms with van der Waals surface area (Å²) < 4.78 is 2.52. The van der Waals surface area contributed by atoms with Gasteiger partial charge in [0.25, 0.3) is 5.91 Å². The van der Waals surface area contributed by atoms with Crippen molar-refractivity contribution in [2.24, 2.45) is 0 Å². The first-order valence-corrected chi connectivity index (χ1v) is 15.3. The standard InChI is InChI=1S/C34H40N6O/c1-24-22-36-31(23-35-24)33(41)38-17-14-34(15-18-38,26-8-4-3-5-9-26)16-19-39-27-12-13-28(39)21-29(20-27)40-25(2)37-30-10-6-7-11-32(30)40/h3-11,22-23,27-29H,12-21H2,1-2H3/t27-,28?,29?/m1/s1. The van der Waals surface area contributed by atoms with Crippen LogP contribution >= 0.6 is 0 Å². The fraction of sp³-hybridized carbons (Fsp3) is 0.471. The third kappa shape index (κ3) is 4.84. The highest BCUT2D eigenvalue weighted by Gasteiger charge is 2.44. The Balaban J connectivity index is 1.06. The Morgan fingerprint density at radius 1 is 0.878 bits per heavy atom. The van der Waals surface area contributed by atoms with Crippen LogP contribution in [0.25, 0.3) is 11.0 Å². The molecule has 3 aliphatic heterocycles. The number of nitrogens with zero attached hydrogens (tertiary/aromatic N) is 6. The molecule has 4 aromatic rings. The maximum atomic E-state index is 13.2. The van der Waals surface area contributed by atoms with Crippen molar-refractivity contribution in [3.8, 4) is 0 Å². The van der Waals surface area contributed by atoms with Gasteiger partial charge in [-0.05, 0) is 88.4 Å². The number of carbonyl (C=O) groups excluding carboxylic acids is 1. The van der Waals surface area contributed by atoms with Gasteiger partial charge in [0.05, 0.1) is 22.9 Å². The van der Waals surface area contributed by atoms with Crippen LogP contribution in [-0.4, -0.2) is 66.9 Å². The van der Waals surface area contributed by atoms with Gasteiger partial charge in [0.15, 0.2) is 0 Å². The third-order valence-electron chi connectivity index (χ3n) is 10.2. The topological polar surface area (TPSA) is 67.2 Å². The molecule has 2 bridgehead atoms. The minimum Gasteiger partial charge on any atom is -0.337 e. The lowest BCUT2D eigenvalue weighted by atomic mass is 9.70. The van der Waals surface area contributed by atoms with Crippen LogP contribution in [0.1, 0.15) is 78.6 Å². The van der Waals surface area contributed by atoms with Gasteiger partial charge in [0.1, 0.15) is 11.5 Å². The van der Waals surface area contributed by atoms with Gasteiger partial charge < -0.3 is 9.47 Å². The van der Waals surface area contributed by atoms with Crippen LogP contribution in [0.2, 0.25) is 0 Å². The van der Waals surface area contributed by atoms with E-state index >= 15 is 0 Å². The number of piperidine rings is 2. The van der Waals surface area contributed by atoms with E-state index in [1.54, 1.807) is 12.4 Å². The summed E-state index contributed by atoms with van der Waals surface area (Å²) in [7, 11) is 0. The number of fused-ring (bicyclic) bond motifs is 3. The molecule has 3 fully saturated rings. The van der Waals surface area contributed by atoms with Crippen LogP contribution in [0.5, 0.6) is 0 Å². The van der Waals surface area contributed by atoms with E-state index in [0.29, 0.717) is 23.8 Å². The number of carbonyl (C=O) groups is 1. The van der Waals surface area contributed by atoms with Crippen molar-refractivity contribution in [1.82, 2.24) is 29.3 Å². The molecule has 0 saturated carbocycles. The highest BCUT2D eigenvalue weighted by molar-refractivity contribution is 5.92. The molecule has 2 unspecified atom stereocenters. The SMILES string of the molecule is Cc1cnc(C(=O)N2CCC(CCN3C4CC[C@@H]3CC(n3c(C)nc5ccccc53)C4)(c3ccccc3)CC2)cn1. The normalized spacial score (nSPS) is 24.1. The molecule has 212 valence electrons. The molecule has 0 N–H and O–H groups in total. The Morgan fingerprint density at radius 3 is 2.29 bits per heavy atom. The van der Waals surface area contributed by atoms with E-state index in [2.05, 4.69) is 81.0 Å². The van der Waals surface area contributed by atoms with E-state index in [1.807, 2.05) is 11.8 Å².